The van der Waals surface area contributed by atoms with E-state index in [0.29, 0.717) is 12.1 Å². The number of ether oxygens (including phenoxy) is 1. The smallest absolute Gasteiger partial charge is 0.118 e. The highest BCUT2D eigenvalue weighted by Gasteiger charge is 2.19. The minimum Gasteiger partial charge on any atom is -0.497 e. The number of likely N-dealkylation sites (N-methyl/N-ethyl adjacent to an activating group) is 1. The molecule has 2 atom stereocenters. The van der Waals surface area contributed by atoms with E-state index < -0.39 is 0 Å². The normalized spacial score (nSPS) is 22.7. The summed E-state index contributed by atoms with van der Waals surface area (Å²) in [5.74, 6) is 0.920. The third kappa shape index (κ3) is 3.47. The molecule has 0 saturated carbocycles. The second kappa shape index (κ2) is 6.21. The molecule has 1 aromatic rings. The Hall–Kier alpha value is -1.06. The van der Waals surface area contributed by atoms with E-state index in [2.05, 4.69) is 36.3 Å². The number of nitrogens with zero attached hydrogens (tertiary/aromatic N) is 1. The van der Waals surface area contributed by atoms with Gasteiger partial charge in [-0.15, -0.1) is 0 Å². The van der Waals surface area contributed by atoms with Crippen LogP contribution in [0.3, 0.4) is 0 Å². The summed E-state index contributed by atoms with van der Waals surface area (Å²) < 4.78 is 5.19. The molecule has 2 rings (SSSR count). The van der Waals surface area contributed by atoms with Crippen LogP contribution < -0.4 is 10.1 Å². The number of piperidine rings is 1. The average Bonchev–Trinajstić information content (AvgIpc) is 2.39. The number of hydrogen-bond acceptors (Lipinski definition) is 3. The fraction of sp³-hybridized carbons (Fsp3) is 0.600. The lowest BCUT2D eigenvalue weighted by atomic mass is 10.0. The summed E-state index contributed by atoms with van der Waals surface area (Å²) in [4.78, 5) is 2.40. The van der Waals surface area contributed by atoms with Crippen LogP contribution in [-0.4, -0.2) is 38.2 Å². The summed E-state index contributed by atoms with van der Waals surface area (Å²) in [5, 5.41) is 3.72. The lowest BCUT2D eigenvalue weighted by Gasteiger charge is -2.32. The van der Waals surface area contributed by atoms with Crippen molar-refractivity contribution in [3.8, 4) is 5.75 Å². The number of hydrogen-bond donors (Lipinski definition) is 1. The van der Waals surface area contributed by atoms with Gasteiger partial charge in [0.1, 0.15) is 5.75 Å². The summed E-state index contributed by atoms with van der Waals surface area (Å²) in [6.07, 6.45) is 2.58. The molecule has 1 fully saturated rings. The maximum absolute atomic E-state index is 5.19. The Morgan fingerprint density at radius 2 is 2.06 bits per heavy atom. The van der Waals surface area contributed by atoms with Gasteiger partial charge in [0.05, 0.1) is 7.11 Å². The van der Waals surface area contributed by atoms with Crippen molar-refractivity contribution in [1.29, 1.82) is 0 Å². The highest BCUT2D eigenvalue weighted by atomic mass is 16.5. The summed E-state index contributed by atoms with van der Waals surface area (Å²) in [6.45, 7) is 4.62. The van der Waals surface area contributed by atoms with Crippen LogP contribution in [0.15, 0.2) is 24.3 Å². The first-order chi connectivity index (χ1) is 8.69. The van der Waals surface area contributed by atoms with E-state index in [9.17, 15) is 0 Å². The van der Waals surface area contributed by atoms with Crippen LogP contribution in [-0.2, 0) is 0 Å². The molecule has 18 heavy (non-hydrogen) atoms. The summed E-state index contributed by atoms with van der Waals surface area (Å²) in [5.41, 5.74) is 1.32. The molecule has 3 nitrogen and oxygen atoms in total. The van der Waals surface area contributed by atoms with Crippen molar-refractivity contribution in [3.05, 3.63) is 29.8 Å². The van der Waals surface area contributed by atoms with E-state index in [4.69, 9.17) is 4.74 Å². The third-order valence-electron chi connectivity index (χ3n) is 3.73. The minimum absolute atomic E-state index is 0.396. The molecule has 1 unspecified atom stereocenters. The number of benzene rings is 1. The molecular weight excluding hydrogens is 224 g/mol. The highest BCUT2D eigenvalue weighted by molar-refractivity contribution is 5.28. The predicted molar refractivity (Wildman–Crippen MR) is 75.1 cm³/mol. The number of nitrogens with one attached hydrogen (secondary N) is 1. The first-order valence-electron chi connectivity index (χ1n) is 6.77. The Morgan fingerprint density at radius 1 is 1.33 bits per heavy atom. The molecule has 1 aliphatic rings. The molecule has 0 bridgehead atoms. The van der Waals surface area contributed by atoms with Crippen LogP contribution in [0.4, 0.5) is 0 Å². The van der Waals surface area contributed by atoms with Gasteiger partial charge in [0.2, 0.25) is 0 Å². The largest absolute Gasteiger partial charge is 0.497 e. The van der Waals surface area contributed by atoms with Gasteiger partial charge in [-0.3, -0.25) is 0 Å². The quantitative estimate of drug-likeness (QED) is 0.885. The molecule has 3 heteroatoms. The monoisotopic (exact) mass is 248 g/mol. The van der Waals surface area contributed by atoms with Crippen LogP contribution in [0.2, 0.25) is 0 Å². The van der Waals surface area contributed by atoms with Crippen LogP contribution >= 0.6 is 0 Å². The molecule has 0 amide bonds. The van der Waals surface area contributed by atoms with Crippen molar-refractivity contribution >= 4 is 0 Å². The third-order valence-corrected chi connectivity index (χ3v) is 3.73. The fourth-order valence-corrected chi connectivity index (χ4v) is 2.64. The van der Waals surface area contributed by atoms with E-state index in [1.165, 1.54) is 24.9 Å². The Balaban J connectivity index is 1.91. The van der Waals surface area contributed by atoms with Crippen LogP contribution in [0.25, 0.3) is 0 Å². The molecule has 100 valence electrons. The van der Waals surface area contributed by atoms with Crippen LogP contribution in [0.5, 0.6) is 5.75 Å². The Morgan fingerprint density at radius 3 is 2.67 bits per heavy atom. The van der Waals surface area contributed by atoms with Crippen molar-refractivity contribution in [2.75, 3.05) is 27.2 Å². The Bertz CT molecular complexity index is 363. The first kappa shape index (κ1) is 13.4. The molecule has 1 aliphatic heterocycles. The number of rotatable bonds is 4. The van der Waals surface area contributed by atoms with Gasteiger partial charge < -0.3 is 15.0 Å². The van der Waals surface area contributed by atoms with Crippen molar-refractivity contribution in [2.24, 2.45) is 0 Å². The molecular formula is C15H24N2O. The van der Waals surface area contributed by atoms with Crippen LogP contribution in [0.1, 0.15) is 31.4 Å². The van der Waals surface area contributed by atoms with Gasteiger partial charge in [-0.25, -0.2) is 0 Å². The van der Waals surface area contributed by atoms with Crippen molar-refractivity contribution in [2.45, 2.75) is 31.8 Å². The second-order valence-electron chi connectivity index (χ2n) is 5.26. The zero-order valence-corrected chi connectivity index (χ0v) is 11.6. The van der Waals surface area contributed by atoms with Crippen molar-refractivity contribution in [1.82, 2.24) is 10.2 Å². The fourth-order valence-electron chi connectivity index (χ4n) is 2.64. The van der Waals surface area contributed by atoms with E-state index in [-0.39, 0.29) is 0 Å². The van der Waals surface area contributed by atoms with Gasteiger partial charge in [-0.2, -0.15) is 0 Å². The predicted octanol–water partition coefficient (Wildman–Crippen LogP) is 2.44. The van der Waals surface area contributed by atoms with Gasteiger partial charge in [-0.1, -0.05) is 12.1 Å². The minimum atomic E-state index is 0.396. The molecule has 1 saturated heterocycles. The second-order valence-corrected chi connectivity index (χ2v) is 5.26. The van der Waals surface area contributed by atoms with Gasteiger partial charge >= 0.3 is 0 Å². The molecule has 1 aromatic carbocycles. The zero-order chi connectivity index (χ0) is 13.0. The van der Waals surface area contributed by atoms with Crippen LogP contribution in [0, 0.1) is 0 Å². The maximum Gasteiger partial charge on any atom is 0.118 e. The summed E-state index contributed by atoms with van der Waals surface area (Å²) in [7, 11) is 3.90. The number of likely N-dealkylation sites (tertiary alicyclic amines) is 1. The van der Waals surface area contributed by atoms with Gasteiger partial charge in [-0.05, 0) is 51.1 Å². The van der Waals surface area contributed by atoms with Gasteiger partial charge in [0, 0.05) is 18.6 Å². The van der Waals surface area contributed by atoms with Crippen molar-refractivity contribution < 1.29 is 4.74 Å². The zero-order valence-electron chi connectivity index (χ0n) is 11.6. The van der Waals surface area contributed by atoms with Gasteiger partial charge in [0.25, 0.3) is 0 Å². The molecule has 1 N–H and O–H groups in total. The molecule has 0 radical (unpaired) electrons. The van der Waals surface area contributed by atoms with E-state index >= 15 is 0 Å². The number of methoxy groups -OCH3 is 1. The summed E-state index contributed by atoms with van der Waals surface area (Å²) in [6, 6.07) is 9.35. The lowest BCUT2D eigenvalue weighted by molar-refractivity contribution is 0.218. The Kier molecular flexibility index (Phi) is 4.61. The molecule has 0 aliphatic carbocycles. The highest BCUT2D eigenvalue weighted by Crippen LogP contribution is 2.19. The van der Waals surface area contributed by atoms with E-state index in [0.717, 1.165) is 12.3 Å². The SMILES string of the molecule is COc1ccc([C@H](C)NC2CCCN(C)C2)cc1. The van der Waals surface area contributed by atoms with Gasteiger partial charge in [0.15, 0.2) is 0 Å². The van der Waals surface area contributed by atoms with E-state index in [1.807, 2.05) is 12.1 Å². The average molecular weight is 248 g/mol. The van der Waals surface area contributed by atoms with Crippen molar-refractivity contribution in [3.63, 3.8) is 0 Å². The Labute approximate surface area is 110 Å². The molecule has 0 spiro atoms. The van der Waals surface area contributed by atoms with E-state index in [1.54, 1.807) is 7.11 Å². The maximum atomic E-state index is 5.19. The molecule has 0 aromatic heterocycles. The molecule has 1 heterocycles. The lowest BCUT2D eigenvalue weighted by Crippen LogP contribution is -2.44. The topological polar surface area (TPSA) is 24.5 Å². The first-order valence-corrected chi connectivity index (χ1v) is 6.77. The summed E-state index contributed by atoms with van der Waals surface area (Å²) >= 11 is 0. The standard InChI is InChI=1S/C15H24N2O/c1-12(13-6-8-15(18-3)9-7-13)16-14-5-4-10-17(2)11-14/h6-9,12,14,16H,4-5,10-11H2,1-3H3/t12-,14?/m0/s1.